The van der Waals surface area contributed by atoms with Gasteiger partial charge in [0.1, 0.15) is 30.0 Å². The maximum atomic E-state index is 6.19. The largest absolute Gasteiger partial charge is 0.491 e. The van der Waals surface area contributed by atoms with Crippen LogP contribution in [0.2, 0.25) is 5.28 Å². The summed E-state index contributed by atoms with van der Waals surface area (Å²) in [6, 6.07) is 9.80. The maximum Gasteiger partial charge on any atom is 0.226 e. The molecule has 148 valence electrons. The van der Waals surface area contributed by atoms with Gasteiger partial charge in [-0.25, -0.2) is 4.98 Å². The predicted molar refractivity (Wildman–Crippen MR) is 115 cm³/mol. The molecule has 0 aliphatic carbocycles. The summed E-state index contributed by atoms with van der Waals surface area (Å²) in [6.45, 7) is 0.468. The number of benzene rings is 1. The van der Waals surface area contributed by atoms with Gasteiger partial charge in [-0.3, -0.25) is 4.98 Å². The van der Waals surface area contributed by atoms with E-state index in [2.05, 4.69) is 30.9 Å². The van der Waals surface area contributed by atoms with Crippen LogP contribution < -0.4 is 10.5 Å². The minimum absolute atomic E-state index is 0.0133. The van der Waals surface area contributed by atoms with Crippen molar-refractivity contribution in [3.63, 3.8) is 0 Å². The first-order chi connectivity index (χ1) is 14.1. The molecule has 0 amide bonds. The molecule has 2 atom stereocenters. The molecule has 5 rings (SSSR count). The Hall–Kier alpha value is -2.42. The molecule has 3 aromatic heterocycles. The van der Waals surface area contributed by atoms with Crippen LogP contribution in [-0.2, 0) is 4.74 Å². The molecule has 0 spiro atoms. The van der Waals surface area contributed by atoms with Gasteiger partial charge in [0.05, 0.1) is 17.0 Å². The summed E-state index contributed by atoms with van der Waals surface area (Å²) >= 11 is 9.41. The molecule has 0 saturated carbocycles. The molecule has 0 unspecified atom stereocenters. The fraction of sp³-hybridized carbons (Fsp3) is 0.250. The lowest BCUT2D eigenvalue weighted by Crippen LogP contribution is -2.18. The zero-order valence-electron chi connectivity index (χ0n) is 15.3. The van der Waals surface area contributed by atoms with Gasteiger partial charge in [-0.15, -0.1) is 0 Å². The number of pyridine rings is 1. The molecule has 1 aliphatic rings. The molecule has 1 aliphatic heterocycles. The van der Waals surface area contributed by atoms with Crippen molar-refractivity contribution in [1.82, 2.24) is 19.5 Å². The normalized spacial score (nSPS) is 19.2. The minimum Gasteiger partial charge on any atom is -0.491 e. The van der Waals surface area contributed by atoms with Crippen LogP contribution in [0.25, 0.3) is 21.9 Å². The molecule has 7 nitrogen and oxygen atoms in total. The average molecular weight is 475 g/mol. The SMILES string of the molecule is Nc1nc(Cl)nc2c1ccn2[C@H]1CC[C@@H](COc2ccc3cc(Br)cnc3c2)O1. The Labute approximate surface area is 179 Å². The quantitative estimate of drug-likeness (QED) is 0.430. The highest BCUT2D eigenvalue weighted by atomic mass is 79.9. The number of hydrogen-bond acceptors (Lipinski definition) is 6. The van der Waals surface area contributed by atoms with Crippen LogP contribution >= 0.6 is 27.5 Å². The second kappa shape index (κ2) is 7.44. The van der Waals surface area contributed by atoms with Crippen LogP contribution in [0.3, 0.4) is 0 Å². The van der Waals surface area contributed by atoms with Gasteiger partial charge in [0, 0.05) is 28.3 Å². The minimum atomic E-state index is -0.137. The first-order valence-corrected chi connectivity index (χ1v) is 10.4. The van der Waals surface area contributed by atoms with Crippen molar-refractivity contribution < 1.29 is 9.47 Å². The van der Waals surface area contributed by atoms with E-state index in [1.165, 1.54) is 0 Å². The molecule has 0 bridgehead atoms. The van der Waals surface area contributed by atoms with Gasteiger partial charge in [-0.1, -0.05) is 0 Å². The van der Waals surface area contributed by atoms with Gasteiger partial charge in [-0.2, -0.15) is 4.98 Å². The van der Waals surface area contributed by atoms with Gasteiger partial charge in [-0.05, 0) is 64.6 Å². The number of aromatic nitrogens is 4. The Morgan fingerprint density at radius 1 is 1.24 bits per heavy atom. The van der Waals surface area contributed by atoms with Crippen LogP contribution in [0.4, 0.5) is 5.82 Å². The second-order valence-corrected chi connectivity index (χ2v) is 8.20. The summed E-state index contributed by atoms with van der Waals surface area (Å²) in [4.78, 5) is 12.7. The van der Waals surface area contributed by atoms with Crippen LogP contribution in [0.1, 0.15) is 19.1 Å². The number of nitrogens with two attached hydrogens (primary N) is 1. The van der Waals surface area contributed by atoms with E-state index in [0.29, 0.717) is 18.1 Å². The first-order valence-electron chi connectivity index (χ1n) is 9.20. The Bertz CT molecular complexity index is 1210. The molecule has 4 aromatic rings. The summed E-state index contributed by atoms with van der Waals surface area (Å²) in [5.74, 6) is 1.15. The Morgan fingerprint density at radius 2 is 2.14 bits per heavy atom. The van der Waals surface area contributed by atoms with Gasteiger partial charge in [0.25, 0.3) is 0 Å². The predicted octanol–water partition coefficient (Wildman–Crippen LogP) is 4.73. The molecule has 1 fully saturated rings. The lowest BCUT2D eigenvalue weighted by molar-refractivity contribution is -0.0156. The third kappa shape index (κ3) is 3.63. The Kier molecular flexibility index (Phi) is 4.77. The fourth-order valence-corrected chi connectivity index (χ4v) is 4.15. The molecule has 9 heteroatoms. The van der Waals surface area contributed by atoms with Gasteiger partial charge in [0.2, 0.25) is 5.28 Å². The molecule has 0 radical (unpaired) electrons. The molecule has 29 heavy (non-hydrogen) atoms. The third-order valence-corrected chi connectivity index (χ3v) is 5.63. The lowest BCUT2D eigenvalue weighted by Gasteiger charge is -2.16. The highest BCUT2D eigenvalue weighted by molar-refractivity contribution is 9.10. The number of ether oxygens (including phenoxy) is 2. The maximum absolute atomic E-state index is 6.19. The zero-order chi connectivity index (χ0) is 20.0. The highest BCUT2D eigenvalue weighted by Gasteiger charge is 2.28. The van der Waals surface area contributed by atoms with Crippen molar-refractivity contribution in [3.8, 4) is 5.75 Å². The molecule has 2 N–H and O–H groups in total. The van der Waals surface area contributed by atoms with Gasteiger partial charge >= 0.3 is 0 Å². The van der Waals surface area contributed by atoms with Crippen LogP contribution in [0.5, 0.6) is 5.75 Å². The van der Waals surface area contributed by atoms with Crippen molar-refractivity contribution in [1.29, 1.82) is 0 Å². The summed E-state index contributed by atoms with van der Waals surface area (Å²) in [5.41, 5.74) is 7.51. The van der Waals surface area contributed by atoms with Crippen molar-refractivity contribution in [2.24, 2.45) is 0 Å². The number of nitrogen functional groups attached to an aromatic ring is 1. The lowest BCUT2D eigenvalue weighted by atomic mass is 10.2. The second-order valence-electron chi connectivity index (χ2n) is 6.95. The number of hydrogen-bond donors (Lipinski definition) is 1. The standard InChI is InChI=1S/C20H17BrClN5O2/c21-12-7-11-1-2-13(8-16(11)24-9-12)28-10-14-3-4-17(29-14)27-6-5-15-18(23)25-20(22)26-19(15)27/h1-2,5-9,14,17H,3-4,10H2,(H2,23,25,26)/t14-,17+/m0/s1. The highest BCUT2D eigenvalue weighted by Crippen LogP contribution is 2.33. The van der Waals surface area contributed by atoms with E-state index in [4.69, 9.17) is 26.8 Å². The van der Waals surface area contributed by atoms with Crippen LogP contribution in [-0.4, -0.2) is 32.2 Å². The molecule has 1 aromatic carbocycles. The Balaban J connectivity index is 1.28. The Morgan fingerprint density at radius 3 is 3.03 bits per heavy atom. The summed E-state index contributed by atoms with van der Waals surface area (Å²) in [7, 11) is 0. The van der Waals surface area contributed by atoms with Crippen molar-refractivity contribution in [2.45, 2.75) is 25.2 Å². The van der Waals surface area contributed by atoms with E-state index in [1.54, 1.807) is 6.20 Å². The number of anilines is 1. The van der Waals surface area contributed by atoms with E-state index in [1.807, 2.05) is 41.1 Å². The number of fused-ring (bicyclic) bond motifs is 2. The summed E-state index contributed by atoms with van der Waals surface area (Å²) < 4.78 is 15.1. The number of nitrogens with zero attached hydrogens (tertiary/aromatic N) is 4. The zero-order valence-corrected chi connectivity index (χ0v) is 17.6. The number of rotatable bonds is 4. The van der Waals surface area contributed by atoms with Crippen molar-refractivity contribution in [2.75, 3.05) is 12.3 Å². The fourth-order valence-electron chi connectivity index (χ4n) is 3.63. The van der Waals surface area contributed by atoms with Crippen LogP contribution in [0, 0.1) is 0 Å². The number of halogens is 2. The first kappa shape index (κ1) is 18.6. The third-order valence-electron chi connectivity index (χ3n) is 5.03. The van der Waals surface area contributed by atoms with Crippen molar-refractivity contribution in [3.05, 3.63) is 52.5 Å². The summed E-state index contributed by atoms with van der Waals surface area (Å²) in [5, 5.41) is 1.96. The summed E-state index contributed by atoms with van der Waals surface area (Å²) in [6.07, 6.45) is 5.28. The van der Waals surface area contributed by atoms with Crippen molar-refractivity contribution >= 4 is 55.3 Å². The van der Waals surface area contributed by atoms with E-state index in [9.17, 15) is 0 Å². The monoisotopic (exact) mass is 473 g/mol. The molecule has 4 heterocycles. The topological polar surface area (TPSA) is 88.1 Å². The molecular formula is C20H17BrClN5O2. The van der Waals surface area contributed by atoms with E-state index >= 15 is 0 Å². The average Bonchev–Trinajstić information content (AvgIpc) is 3.33. The van der Waals surface area contributed by atoms with Gasteiger partial charge in [0.15, 0.2) is 0 Å². The molecule has 1 saturated heterocycles. The smallest absolute Gasteiger partial charge is 0.226 e. The van der Waals surface area contributed by atoms with E-state index < -0.39 is 0 Å². The van der Waals surface area contributed by atoms with E-state index in [-0.39, 0.29) is 17.6 Å². The van der Waals surface area contributed by atoms with Crippen LogP contribution in [0.15, 0.2) is 47.2 Å². The van der Waals surface area contributed by atoms with E-state index in [0.717, 1.165) is 39.4 Å². The molecular weight excluding hydrogens is 458 g/mol. The van der Waals surface area contributed by atoms with Gasteiger partial charge < -0.3 is 19.8 Å².